The first kappa shape index (κ1) is 15.9. The second-order valence-corrected chi connectivity index (χ2v) is 4.40. The summed E-state index contributed by atoms with van der Waals surface area (Å²) in [5.41, 5.74) is 1.11. The summed E-state index contributed by atoms with van der Waals surface area (Å²) < 4.78 is 26.5. The summed E-state index contributed by atoms with van der Waals surface area (Å²) in [6.07, 6.45) is -1.88. The Morgan fingerprint density at radius 1 is 1.53 bits per heavy atom. The number of amides is 1. The third-order valence-corrected chi connectivity index (χ3v) is 2.88. The Kier molecular flexibility index (Phi) is 6.21. The van der Waals surface area contributed by atoms with Gasteiger partial charge in [-0.3, -0.25) is 9.48 Å². The van der Waals surface area contributed by atoms with Crippen LogP contribution in [0.1, 0.15) is 30.0 Å². The van der Waals surface area contributed by atoms with E-state index in [1.165, 1.54) is 4.68 Å². The molecule has 0 aliphatic carbocycles. The van der Waals surface area contributed by atoms with Gasteiger partial charge in [-0.15, -0.1) is 11.6 Å². The zero-order valence-corrected chi connectivity index (χ0v) is 11.8. The topological polar surface area (TPSA) is 38.1 Å². The van der Waals surface area contributed by atoms with E-state index < -0.39 is 18.9 Å². The van der Waals surface area contributed by atoms with Gasteiger partial charge in [0.15, 0.2) is 0 Å². The Labute approximate surface area is 116 Å². The minimum Gasteiger partial charge on any atom is -0.330 e. The molecule has 1 heterocycles. The summed E-state index contributed by atoms with van der Waals surface area (Å²) in [7, 11) is 0. The van der Waals surface area contributed by atoms with Gasteiger partial charge in [-0.1, -0.05) is 6.92 Å². The third-order valence-electron chi connectivity index (χ3n) is 2.71. The zero-order valence-electron chi connectivity index (χ0n) is 11.1. The van der Waals surface area contributed by atoms with E-state index in [0.717, 1.165) is 10.6 Å². The minimum absolute atomic E-state index is 0.0983. The van der Waals surface area contributed by atoms with E-state index in [-0.39, 0.29) is 12.4 Å². The first-order chi connectivity index (χ1) is 9.03. The molecule has 0 spiro atoms. The average molecular weight is 294 g/mol. The number of aromatic nitrogens is 2. The first-order valence-electron chi connectivity index (χ1n) is 6.23. The van der Waals surface area contributed by atoms with Crippen LogP contribution in [0.2, 0.25) is 0 Å². The molecule has 4 nitrogen and oxygen atoms in total. The van der Waals surface area contributed by atoms with Gasteiger partial charge in [0, 0.05) is 19.0 Å². The molecule has 0 radical (unpaired) electrons. The lowest BCUT2D eigenvalue weighted by Crippen LogP contribution is -2.37. The maximum absolute atomic E-state index is 12.5. The lowest BCUT2D eigenvalue weighted by Gasteiger charge is -2.21. The van der Waals surface area contributed by atoms with Crippen molar-refractivity contribution < 1.29 is 13.6 Å². The van der Waals surface area contributed by atoms with Crippen molar-refractivity contribution in [3.8, 4) is 0 Å². The molecule has 0 atom stereocenters. The van der Waals surface area contributed by atoms with Gasteiger partial charge in [0.05, 0.1) is 12.2 Å². The zero-order chi connectivity index (χ0) is 14.4. The van der Waals surface area contributed by atoms with Crippen LogP contribution in [0, 0.1) is 0 Å². The van der Waals surface area contributed by atoms with Crippen LogP contribution < -0.4 is 0 Å². The van der Waals surface area contributed by atoms with Gasteiger partial charge in [-0.25, -0.2) is 8.78 Å². The standard InChI is InChI=1S/C12H18ClF2N3O/c1-3-9-7-10(18(4-2)16-9)12(19)17(6-5-13)8-11(14)15/h7,11H,3-6,8H2,1-2H3. The molecule has 0 aromatic carbocycles. The van der Waals surface area contributed by atoms with E-state index in [4.69, 9.17) is 11.6 Å². The molecule has 0 unspecified atom stereocenters. The highest BCUT2D eigenvalue weighted by molar-refractivity contribution is 6.18. The Morgan fingerprint density at radius 2 is 2.21 bits per heavy atom. The van der Waals surface area contributed by atoms with Crippen LogP contribution in [0.4, 0.5) is 8.78 Å². The molecule has 0 saturated heterocycles. The predicted molar refractivity (Wildman–Crippen MR) is 69.9 cm³/mol. The van der Waals surface area contributed by atoms with Crippen LogP contribution in [0.5, 0.6) is 0 Å². The minimum atomic E-state index is -2.57. The molecule has 0 aliphatic heterocycles. The summed E-state index contributed by atoms with van der Waals surface area (Å²) in [5, 5.41) is 4.24. The second kappa shape index (κ2) is 7.43. The van der Waals surface area contributed by atoms with Gasteiger partial charge in [0.2, 0.25) is 0 Å². The summed E-state index contributed by atoms with van der Waals surface area (Å²) >= 11 is 5.56. The molecule has 1 amide bonds. The molecule has 7 heteroatoms. The highest BCUT2D eigenvalue weighted by Gasteiger charge is 2.23. The van der Waals surface area contributed by atoms with E-state index >= 15 is 0 Å². The predicted octanol–water partition coefficient (Wildman–Crippen LogP) is 2.41. The highest BCUT2D eigenvalue weighted by atomic mass is 35.5. The van der Waals surface area contributed by atoms with Crippen molar-refractivity contribution in [1.29, 1.82) is 0 Å². The van der Waals surface area contributed by atoms with Crippen LogP contribution in [0.15, 0.2) is 6.07 Å². The number of rotatable bonds is 7. The molecular weight excluding hydrogens is 276 g/mol. The fourth-order valence-corrected chi connectivity index (χ4v) is 1.97. The highest BCUT2D eigenvalue weighted by Crippen LogP contribution is 2.11. The summed E-state index contributed by atoms with van der Waals surface area (Å²) in [6, 6.07) is 1.65. The lowest BCUT2D eigenvalue weighted by molar-refractivity contribution is 0.0560. The van der Waals surface area contributed by atoms with Crippen LogP contribution in [-0.2, 0) is 13.0 Å². The number of carbonyl (C=O) groups excluding carboxylic acids is 1. The lowest BCUT2D eigenvalue weighted by atomic mass is 10.2. The van der Waals surface area contributed by atoms with Crippen molar-refractivity contribution in [1.82, 2.24) is 14.7 Å². The van der Waals surface area contributed by atoms with Gasteiger partial charge in [0.1, 0.15) is 5.69 Å². The Balaban J connectivity index is 2.97. The van der Waals surface area contributed by atoms with Gasteiger partial charge >= 0.3 is 0 Å². The molecule has 1 aromatic rings. The van der Waals surface area contributed by atoms with Crippen LogP contribution in [0.25, 0.3) is 0 Å². The van der Waals surface area contributed by atoms with Crippen molar-refractivity contribution in [2.24, 2.45) is 0 Å². The first-order valence-corrected chi connectivity index (χ1v) is 6.77. The van der Waals surface area contributed by atoms with Gasteiger partial charge in [-0.05, 0) is 19.4 Å². The fourth-order valence-electron chi connectivity index (χ4n) is 1.76. The number of carbonyl (C=O) groups is 1. The molecule has 0 N–H and O–H groups in total. The van der Waals surface area contributed by atoms with Gasteiger partial charge in [-0.2, -0.15) is 5.10 Å². The summed E-state index contributed by atoms with van der Waals surface area (Å²) in [5.74, 6) is -0.325. The van der Waals surface area contributed by atoms with E-state index in [0.29, 0.717) is 18.7 Å². The number of aryl methyl sites for hydroxylation is 2. The number of hydrogen-bond acceptors (Lipinski definition) is 2. The second-order valence-electron chi connectivity index (χ2n) is 4.02. The Bertz CT molecular complexity index is 423. The molecule has 19 heavy (non-hydrogen) atoms. The van der Waals surface area contributed by atoms with Crippen molar-refractivity contribution >= 4 is 17.5 Å². The quantitative estimate of drug-likeness (QED) is 0.724. The van der Waals surface area contributed by atoms with Crippen LogP contribution >= 0.6 is 11.6 Å². The molecule has 108 valence electrons. The Morgan fingerprint density at radius 3 is 2.68 bits per heavy atom. The van der Waals surface area contributed by atoms with Gasteiger partial charge in [0.25, 0.3) is 12.3 Å². The Hall–Kier alpha value is -1.17. The van der Waals surface area contributed by atoms with Crippen molar-refractivity contribution in [2.75, 3.05) is 19.0 Å². The molecular formula is C12H18ClF2N3O. The normalized spacial score (nSPS) is 11.1. The van der Waals surface area contributed by atoms with E-state index in [1.54, 1.807) is 6.07 Å². The molecule has 0 bridgehead atoms. The number of nitrogens with zero attached hydrogens (tertiary/aromatic N) is 3. The monoisotopic (exact) mass is 293 g/mol. The smallest absolute Gasteiger partial charge is 0.272 e. The molecule has 0 aliphatic rings. The average Bonchev–Trinajstić information content (AvgIpc) is 2.80. The van der Waals surface area contributed by atoms with E-state index in [2.05, 4.69) is 5.10 Å². The van der Waals surface area contributed by atoms with Crippen molar-refractivity contribution in [2.45, 2.75) is 33.2 Å². The fraction of sp³-hybridized carbons (Fsp3) is 0.667. The third kappa shape index (κ3) is 4.16. The van der Waals surface area contributed by atoms with Crippen molar-refractivity contribution in [3.63, 3.8) is 0 Å². The maximum Gasteiger partial charge on any atom is 0.272 e. The SMILES string of the molecule is CCc1cc(C(=O)N(CCCl)CC(F)F)n(CC)n1. The summed E-state index contributed by atoms with van der Waals surface area (Å²) in [6.45, 7) is 3.78. The number of hydrogen-bond donors (Lipinski definition) is 0. The van der Waals surface area contributed by atoms with E-state index in [9.17, 15) is 13.6 Å². The van der Waals surface area contributed by atoms with Crippen LogP contribution in [-0.4, -0.2) is 46.0 Å². The largest absolute Gasteiger partial charge is 0.330 e. The maximum atomic E-state index is 12.5. The number of halogens is 3. The molecule has 1 rings (SSSR count). The van der Waals surface area contributed by atoms with Crippen LogP contribution in [0.3, 0.4) is 0 Å². The number of alkyl halides is 3. The van der Waals surface area contributed by atoms with Gasteiger partial charge < -0.3 is 4.90 Å². The summed E-state index contributed by atoms with van der Waals surface area (Å²) in [4.78, 5) is 13.3. The van der Waals surface area contributed by atoms with E-state index in [1.807, 2.05) is 13.8 Å². The molecule has 0 saturated carbocycles. The van der Waals surface area contributed by atoms with Crippen molar-refractivity contribution in [3.05, 3.63) is 17.5 Å². The molecule has 1 aromatic heterocycles. The molecule has 0 fully saturated rings.